The lowest BCUT2D eigenvalue weighted by Crippen LogP contribution is -1.83. The topological polar surface area (TPSA) is 0 Å². The number of hydrogen-bond donors (Lipinski definition) is 1. The van der Waals surface area contributed by atoms with Gasteiger partial charge >= 0.3 is 0 Å². The van der Waals surface area contributed by atoms with E-state index in [0.717, 1.165) is 11.3 Å². The van der Waals surface area contributed by atoms with Crippen molar-refractivity contribution in [3.8, 4) is 11.1 Å². The largest absolute Gasteiger partial charge is 0.143 e. The predicted octanol–water partition coefficient (Wildman–Crippen LogP) is 4.59. The molecule has 0 aliphatic rings. The molecule has 2 rings (SSSR count). The molecule has 16 heavy (non-hydrogen) atoms. The summed E-state index contributed by atoms with van der Waals surface area (Å²) in [6.45, 7) is 2.21. The van der Waals surface area contributed by atoms with Gasteiger partial charge in [-0.25, -0.2) is 0 Å². The monoisotopic (exact) mass is 228 g/mol. The summed E-state index contributed by atoms with van der Waals surface area (Å²) in [5.41, 5.74) is 3.90. The molecule has 2 aromatic carbocycles. The quantitative estimate of drug-likeness (QED) is 0.729. The van der Waals surface area contributed by atoms with E-state index < -0.39 is 0 Å². The zero-order valence-corrected chi connectivity index (χ0v) is 10.4. The molecule has 0 N–H and O–H groups in total. The Labute approximate surface area is 103 Å². The first kappa shape index (κ1) is 11.3. The predicted molar refractivity (Wildman–Crippen MR) is 73.1 cm³/mol. The van der Waals surface area contributed by atoms with Gasteiger partial charge in [-0.3, -0.25) is 0 Å². The Kier molecular flexibility index (Phi) is 3.68. The molecule has 0 spiro atoms. The van der Waals surface area contributed by atoms with Crippen molar-refractivity contribution in [3.05, 3.63) is 54.1 Å². The van der Waals surface area contributed by atoms with Crippen molar-refractivity contribution in [3.63, 3.8) is 0 Å². The summed E-state index contributed by atoms with van der Waals surface area (Å²) in [6.07, 6.45) is 2.36. The molecule has 0 aliphatic carbocycles. The van der Waals surface area contributed by atoms with E-state index in [9.17, 15) is 0 Å². The van der Waals surface area contributed by atoms with Crippen LogP contribution in [0.1, 0.15) is 18.9 Å². The van der Waals surface area contributed by atoms with Crippen molar-refractivity contribution >= 4 is 12.6 Å². The minimum atomic E-state index is 1.01. The second kappa shape index (κ2) is 5.22. The molecule has 0 heterocycles. The van der Waals surface area contributed by atoms with Crippen LogP contribution in [0.25, 0.3) is 11.1 Å². The van der Waals surface area contributed by atoms with Crippen LogP contribution in [0.5, 0.6) is 0 Å². The summed E-state index contributed by atoms with van der Waals surface area (Å²) >= 11 is 4.36. The summed E-state index contributed by atoms with van der Waals surface area (Å²) in [6, 6.07) is 17.1. The number of aryl methyl sites for hydroxylation is 1. The molecule has 0 nitrogen and oxygen atoms in total. The van der Waals surface area contributed by atoms with Gasteiger partial charge in [0, 0.05) is 4.90 Å². The van der Waals surface area contributed by atoms with Gasteiger partial charge in [-0.15, -0.1) is 12.6 Å². The lowest BCUT2D eigenvalue weighted by Gasteiger charge is -2.04. The van der Waals surface area contributed by atoms with Gasteiger partial charge in [0.15, 0.2) is 0 Å². The van der Waals surface area contributed by atoms with Crippen LogP contribution in [0.3, 0.4) is 0 Å². The Balaban J connectivity index is 2.27. The average Bonchev–Trinajstić information content (AvgIpc) is 2.30. The summed E-state index contributed by atoms with van der Waals surface area (Å²) in [4.78, 5) is 1.01. The van der Waals surface area contributed by atoms with Crippen LogP contribution < -0.4 is 0 Å². The first-order chi connectivity index (χ1) is 7.79. The Hall–Kier alpha value is -1.21. The van der Waals surface area contributed by atoms with E-state index in [-0.39, 0.29) is 0 Å². The summed E-state index contributed by atoms with van der Waals surface area (Å²) < 4.78 is 0. The molecule has 0 fully saturated rings. The molecule has 0 atom stereocenters. The lowest BCUT2D eigenvalue weighted by molar-refractivity contribution is 0.922. The fraction of sp³-hybridized carbons (Fsp3) is 0.200. The minimum absolute atomic E-state index is 1.01. The van der Waals surface area contributed by atoms with E-state index >= 15 is 0 Å². The first-order valence-electron chi connectivity index (χ1n) is 5.68. The zero-order chi connectivity index (χ0) is 11.4. The van der Waals surface area contributed by atoms with Crippen molar-refractivity contribution in [2.75, 3.05) is 0 Å². The molecule has 0 saturated heterocycles. The fourth-order valence-electron chi connectivity index (χ4n) is 1.84. The number of rotatable bonds is 3. The SMILES string of the molecule is CCCc1ccc(-c2cccc(S)c2)cc1. The number of thiol groups is 1. The zero-order valence-electron chi connectivity index (χ0n) is 9.48. The highest BCUT2D eigenvalue weighted by atomic mass is 32.1. The van der Waals surface area contributed by atoms with Gasteiger partial charge in [0.2, 0.25) is 0 Å². The highest BCUT2D eigenvalue weighted by Crippen LogP contribution is 2.22. The molecular formula is C15H16S. The van der Waals surface area contributed by atoms with Crippen molar-refractivity contribution in [1.82, 2.24) is 0 Å². The third kappa shape index (κ3) is 2.67. The van der Waals surface area contributed by atoms with Gasteiger partial charge in [0.05, 0.1) is 0 Å². The van der Waals surface area contributed by atoms with E-state index in [1.54, 1.807) is 0 Å². The van der Waals surface area contributed by atoms with Gasteiger partial charge in [-0.1, -0.05) is 49.7 Å². The summed E-state index contributed by atoms with van der Waals surface area (Å²) in [5.74, 6) is 0. The van der Waals surface area contributed by atoms with Crippen LogP contribution in [-0.4, -0.2) is 0 Å². The standard InChI is InChI=1S/C15H16S/c1-2-4-12-7-9-13(10-8-12)14-5-3-6-15(16)11-14/h3,5-11,16H,2,4H2,1H3. The van der Waals surface area contributed by atoms with Crippen molar-refractivity contribution in [2.45, 2.75) is 24.7 Å². The maximum absolute atomic E-state index is 4.36. The molecule has 2 aromatic rings. The number of hydrogen-bond acceptors (Lipinski definition) is 1. The Morgan fingerprint density at radius 2 is 1.69 bits per heavy atom. The highest BCUT2D eigenvalue weighted by molar-refractivity contribution is 7.80. The lowest BCUT2D eigenvalue weighted by atomic mass is 10.0. The third-order valence-electron chi connectivity index (χ3n) is 2.67. The number of benzene rings is 2. The van der Waals surface area contributed by atoms with Crippen molar-refractivity contribution in [1.29, 1.82) is 0 Å². The maximum Gasteiger partial charge on any atom is 0.00461 e. The van der Waals surface area contributed by atoms with Crippen LogP contribution >= 0.6 is 12.6 Å². The Bertz CT molecular complexity index is 457. The summed E-state index contributed by atoms with van der Waals surface area (Å²) in [7, 11) is 0. The molecular weight excluding hydrogens is 212 g/mol. The third-order valence-corrected chi connectivity index (χ3v) is 2.95. The molecule has 1 heteroatoms. The van der Waals surface area contributed by atoms with E-state index in [1.165, 1.54) is 23.1 Å². The molecule has 0 amide bonds. The molecule has 0 radical (unpaired) electrons. The van der Waals surface area contributed by atoms with E-state index in [1.807, 2.05) is 12.1 Å². The molecule has 82 valence electrons. The van der Waals surface area contributed by atoms with E-state index in [0.29, 0.717) is 0 Å². The van der Waals surface area contributed by atoms with Gasteiger partial charge in [-0.05, 0) is 35.2 Å². The molecule has 0 aliphatic heterocycles. The highest BCUT2D eigenvalue weighted by Gasteiger charge is 1.98. The van der Waals surface area contributed by atoms with Crippen LogP contribution in [0, 0.1) is 0 Å². The van der Waals surface area contributed by atoms with Crippen LogP contribution in [0.2, 0.25) is 0 Å². The maximum atomic E-state index is 4.36. The van der Waals surface area contributed by atoms with E-state index in [4.69, 9.17) is 0 Å². The normalized spacial score (nSPS) is 10.4. The van der Waals surface area contributed by atoms with Gasteiger partial charge in [0.1, 0.15) is 0 Å². The molecule has 0 unspecified atom stereocenters. The molecule has 0 bridgehead atoms. The summed E-state index contributed by atoms with van der Waals surface area (Å²) in [5, 5.41) is 0. The first-order valence-corrected chi connectivity index (χ1v) is 6.12. The van der Waals surface area contributed by atoms with Crippen molar-refractivity contribution < 1.29 is 0 Å². The van der Waals surface area contributed by atoms with Crippen molar-refractivity contribution in [2.24, 2.45) is 0 Å². The molecule has 0 saturated carbocycles. The second-order valence-electron chi connectivity index (χ2n) is 4.00. The van der Waals surface area contributed by atoms with E-state index in [2.05, 4.69) is 56.0 Å². The molecule has 0 aromatic heterocycles. The minimum Gasteiger partial charge on any atom is -0.143 e. The Morgan fingerprint density at radius 1 is 0.938 bits per heavy atom. The van der Waals surface area contributed by atoms with Gasteiger partial charge in [-0.2, -0.15) is 0 Å². The van der Waals surface area contributed by atoms with Crippen LogP contribution in [-0.2, 0) is 6.42 Å². The van der Waals surface area contributed by atoms with Crippen LogP contribution in [0.15, 0.2) is 53.4 Å². The van der Waals surface area contributed by atoms with Gasteiger partial charge < -0.3 is 0 Å². The Morgan fingerprint density at radius 3 is 2.31 bits per heavy atom. The average molecular weight is 228 g/mol. The van der Waals surface area contributed by atoms with Gasteiger partial charge in [0.25, 0.3) is 0 Å². The fourth-order valence-corrected chi connectivity index (χ4v) is 2.06. The second-order valence-corrected chi connectivity index (χ2v) is 4.51. The smallest absolute Gasteiger partial charge is 0.00461 e. The van der Waals surface area contributed by atoms with Crippen LogP contribution in [0.4, 0.5) is 0 Å².